The summed E-state index contributed by atoms with van der Waals surface area (Å²) in [6, 6.07) is 13.8. The van der Waals surface area contributed by atoms with Crippen molar-refractivity contribution in [3.63, 3.8) is 0 Å². The van der Waals surface area contributed by atoms with Crippen LogP contribution in [-0.2, 0) is 11.2 Å². The van der Waals surface area contributed by atoms with Crippen molar-refractivity contribution in [2.45, 2.75) is 38.1 Å². The molecule has 2 aromatic rings. The van der Waals surface area contributed by atoms with Crippen LogP contribution in [-0.4, -0.2) is 22.1 Å². The summed E-state index contributed by atoms with van der Waals surface area (Å²) in [6.45, 7) is 0. The standard InChI is InChI=1S/C17H20N4O/c22-17(12-13-6-2-1-3-7-13)19-16-11-10-15(20-21-16)18-14-8-4-5-9-14/h1-3,6-7,10-11,14H,4-5,8-9,12H2,(H,18,20)(H,19,21,22). The molecule has 0 atom stereocenters. The predicted molar refractivity (Wildman–Crippen MR) is 86.7 cm³/mol. The number of carbonyl (C=O) groups is 1. The normalized spacial score (nSPS) is 14.7. The molecule has 1 aliphatic carbocycles. The van der Waals surface area contributed by atoms with Gasteiger partial charge in [-0.25, -0.2) is 0 Å². The molecular weight excluding hydrogens is 276 g/mol. The van der Waals surface area contributed by atoms with E-state index in [1.165, 1.54) is 25.7 Å². The summed E-state index contributed by atoms with van der Waals surface area (Å²) < 4.78 is 0. The molecular formula is C17H20N4O. The molecule has 5 heteroatoms. The van der Waals surface area contributed by atoms with E-state index in [0.717, 1.165) is 11.4 Å². The third kappa shape index (κ3) is 4.04. The molecule has 1 aliphatic rings. The lowest BCUT2D eigenvalue weighted by molar-refractivity contribution is -0.115. The smallest absolute Gasteiger partial charge is 0.229 e. The van der Waals surface area contributed by atoms with Crippen LogP contribution in [0.4, 0.5) is 11.6 Å². The van der Waals surface area contributed by atoms with Crippen molar-refractivity contribution in [1.29, 1.82) is 0 Å². The first kappa shape index (κ1) is 14.5. The second-order valence-electron chi connectivity index (χ2n) is 5.64. The van der Waals surface area contributed by atoms with Crippen LogP contribution in [0.3, 0.4) is 0 Å². The van der Waals surface area contributed by atoms with Crippen molar-refractivity contribution in [3.05, 3.63) is 48.0 Å². The van der Waals surface area contributed by atoms with Gasteiger partial charge < -0.3 is 10.6 Å². The Morgan fingerprint density at radius 1 is 1.00 bits per heavy atom. The Labute approximate surface area is 130 Å². The number of nitrogens with zero attached hydrogens (tertiary/aromatic N) is 2. The molecule has 0 radical (unpaired) electrons. The fourth-order valence-electron chi connectivity index (χ4n) is 2.72. The van der Waals surface area contributed by atoms with E-state index in [0.29, 0.717) is 18.3 Å². The Balaban J connectivity index is 1.53. The van der Waals surface area contributed by atoms with Gasteiger partial charge in [0.25, 0.3) is 0 Å². The molecule has 1 saturated carbocycles. The monoisotopic (exact) mass is 296 g/mol. The number of hydrogen-bond donors (Lipinski definition) is 2. The van der Waals surface area contributed by atoms with Crippen LogP contribution < -0.4 is 10.6 Å². The minimum absolute atomic E-state index is 0.0861. The third-order valence-electron chi connectivity index (χ3n) is 3.85. The summed E-state index contributed by atoms with van der Waals surface area (Å²) in [4.78, 5) is 12.0. The lowest BCUT2D eigenvalue weighted by atomic mass is 10.1. The highest BCUT2D eigenvalue weighted by molar-refractivity contribution is 5.91. The van der Waals surface area contributed by atoms with Gasteiger partial charge in [-0.3, -0.25) is 4.79 Å². The minimum Gasteiger partial charge on any atom is -0.366 e. The number of hydrogen-bond acceptors (Lipinski definition) is 4. The van der Waals surface area contributed by atoms with Gasteiger partial charge in [-0.15, -0.1) is 10.2 Å². The zero-order chi connectivity index (χ0) is 15.2. The quantitative estimate of drug-likeness (QED) is 0.890. The highest BCUT2D eigenvalue weighted by Crippen LogP contribution is 2.21. The molecule has 1 aromatic heterocycles. The molecule has 0 spiro atoms. The van der Waals surface area contributed by atoms with Crippen LogP contribution in [0.25, 0.3) is 0 Å². The average molecular weight is 296 g/mol. The summed E-state index contributed by atoms with van der Waals surface area (Å²) in [5.41, 5.74) is 0.979. The molecule has 0 aliphatic heterocycles. The summed E-state index contributed by atoms with van der Waals surface area (Å²) >= 11 is 0. The summed E-state index contributed by atoms with van der Waals surface area (Å²) in [5, 5.41) is 14.3. The molecule has 0 bridgehead atoms. The molecule has 0 saturated heterocycles. The van der Waals surface area contributed by atoms with E-state index in [1.54, 1.807) is 6.07 Å². The number of benzene rings is 1. The van der Waals surface area contributed by atoms with E-state index in [4.69, 9.17) is 0 Å². The van der Waals surface area contributed by atoms with E-state index in [-0.39, 0.29) is 5.91 Å². The number of aromatic nitrogens is 2. The van der Waals surface area contributed by atoms with Crippen LogP contribution in [0.15, 0.2) is 42.5 Å². The Morgan fingerprint density at radius 2 is 1.68 bits per heavy atom. The Hall–Kier alpha value is -2.43. The van der Waals surface area contributed by atoms with Crippen LogP contribution in [0, 0.1) is 0 Å². The van der Waals surface area contributed by atoms with E-state index in [2.05, 4.69) is 20.8 Å². The highest BCUT2D eigenvalue weighted by Gasteiger charge is 2.15. The molecule has 2 N–H and O–H groups in total. The van der Waals surface area contributed by atoms with E-state index in [1.807, 2.05) is 36.4 Å². The third-order valence-corrected chi connectivity index (χ3v) is 3.85. The van der Waals surface area contributed by atoms with Gasteiger partial charge >= 0.3 is 0 Å². The average Bonchev–Trinajstić information content (AvgIpc) is 3.03. The zero-order valence-corrected chi connectivity index (χ0v) is 12.5. The van der Waals surface area contributed by atoms with Gasteiger partial charge in [0.1, 0.15) is 5.82 Å². The number of carbonyl (C=O) groups excluding carboxylic acids is 1. The van der Waals surface area contributed by atoms with E-state index in [9.17, 15) is 4.79 Å². The predicted octanol–water partition coefficient (Wildman–Crippen LogP) is 3.01. The van der Waals surface area contributed by atoms with Crippen LogP contribution >= 0.6 is 0 Å². The van der Waals surface area contributed by atoms with Gasteiger partial charge in [0.15, 0.2) is 5.82 Å². The number of anilines is 2. The molecule has 114 valence electrons. The molecule has 0 unspecified atom stereocenters. The maximum Gasteiger partial charge on any atom is 0.229 e. The second-order valence-corrected chi connectivity index (χ2v) is 5.64. The van der Waals surface area contributed by atoms with Gasteiger partial charge in [-0.2, -0.15) is 0 Å². The van der Waals surface area contributed by atoms with Crippen LogP contribution in [0.1, 0.15) is 31.2 Å². The SMILES string of the molecule is O=C(Cc1ccccc1)Nc1ccc(NC2CCCC2)nn1. The van der Waals surface area contributed by atoms with E-state index < -0.39 is 0 Å². The molecule has 22 heavy (non-hydrogen) atoms. The van der Waals surface area contributed by atoms with Crippen molar-refractivity contribution in [1.82, 2.24) is 10.2 Å². The lowest BCUT2D eigenvalue weighted by Crippen LogP contribution is -2.18. The van der Waals surface area contributed by atoms with Gasteiger partial charge in [0.2, 0.25) is 5.91 Å². The molecule has 5 nitrogen and oxygen atoms in total. The maximum atomic E-state index is 12.0. The number of nitrogens with one attached hydrogen (secondary N) is 2. The largest absolute Gasteiger partial charge is 0.366 e. The van der Waals surface area contributed by atoms with E-state index >= 15 is 0 Å². The summed E-state index contributed by atoms with van der Waals surface area (Å²) in [5.74, 6) is 1.17. The lowest BCUT2D eigenvalue weighted by Gasteiger charge is -2.12. The second kappa shape index (κ2) is 7.02. The van der Waals surface area contributed by atoms with Gasteiger partial charge in [0, 0.05) is 6.04 Å². The zero-order valence-electron chi connectivity index (χ0n) is 12.5. The van der Waals surface area contributed by atoms with Crippen molar-refractivity contribution < 1.29 is 4.79 Å². The maximum absolute atomic E-state index is 12.0. The minimum atomic E-state index is -0.0861. The summed E-state index contributed by atoms with van der Waals surface area (Å²) in [6.07, 6.45) is 5.27. The highest BCUT2D eigenvalue weighted by atomic mass is 16.1. The molecule has 1 fully saturated rings. The molecule has 3 rings (SSSR count). The van der Waals surface area contributed by atoms with Crippen LogP contribution in [0.2, 0.25) is 0 Å². The van der Waals surface area contributed by atoms with Gasteiger partial charge in [-0.05, 0) is 30.5 Å². The molecule has 1 heterocycles. The van der Waals surface area contributed by atoms with Crippen molar-refractivity contribution >= 4 is 17.5 Å². The molecule has 1 aromatic carbocycles. The van der Waals surface area contributed by atoms with Crippen molar-refractivity contribution in [2.24, 2.45) is 0 Å². The van der Waals surface area contributed by atoms with Crippen molar-refractivity contribution in [3.8, 4) is 0 Å². The number of amides is 1. The molecule has 1 amide bonds. The Morgan fingerprint density at radius 3 is 2.36 bits per heavy atom. The van der Waals surface area contributed by atoms with Crippen molar-refractivity contribution in [2.75, 3.05) is 10.6 Å². The topological polar surface area (TPSA) is 66.9 Å². The summed E-state index contributed by atoms with van der Waals surface area (Å²) in [7, 11) is 0. The fraction of sp³-hybridized carbons (Fsp3) is 0.353. The fourth-order valence-corrected chi connectivity index (χ4v) is 2.72. The Bertz CT molecular complexity index is 606. The number of rotatable bonds is 5. The first-order valence-electron chi connectivity index (χ1n) is 7.73. The van der Waals surface area contributed by atoms with Gasteiger partial charge in [-0.1, -0.05) is 43.2 Å². The van der Waals surface area contributed by atoms with Gasteiger partial charge in [0.05, 0.1) is 6.42 Å². The Kier molecular flexibility index (Phi) is 4.63. The first-order valence-corrected chi connectivity index (χ1v) is 7.73. The first-order chi connectivity index (χ1) is 10.8. The van der Waals surface area contributed by atoms with Crippen LogP contribution in [0.5, 0.6) is 0 Å².